The maximum Gasteiger partial charge on any atom is 0.0794 e. The lowest BCUT2D eigenvalue weighted by Gasteiger charge is -2.33. The normalized spacial score (nSPS) is 16.7. The number of aromatic amines is 1. The van der Waals surface area contributed by atoms with E-state index < -0.39 is 0 Å². The van der Waals surface area contributed by atoms with Crippen molar-refractivity contribution in [2.45, 2.75) is 39.3 Å². The van der Waals surface area contributed by atoms with Crippen LogP contribution in [0.2, 0.25) is 0 Å². The fourth-order valence-corrected chi connectivity index (χ4v) is 3.93. The number of H-pyrrole nitrogens is 1. The van der Waals surface area contributed by atoms with Crippen molar-refractivity contribution >= 4 is 23.7 Å². The van der Waals surface area contributed by atoms with E-state index in [2.05, 4.69) is 51.8 Å². The summed E-state index contributed by atoms with van der Waals surface area (Å²) in [6, 6.07) is 4.86. The molecule has 1 aliphatic heterocycles. The second kappa shape index (κ2) is 8.83. The van der Waals surface area contributed by atoms with Crippen LogP contribution in [0.3, 0.4) is 0 Å². The molecule has 2 N–H and O–H groups in total. The number of hydrogen-bond acceptors (Lipinski definition) is 4. The Bertz CT molecular complexity index is 559. The van der Waals surface area contributed by atoms with Gasteiger partial charge in [0.1, 0.15) is 0 Å². The Hall–Kier alpha value is -0.880. The molecule has 0 unspecified atom stereocenters. The van der Waals surface area contributed by atoms with Crippen LogP contribution >= 0.6 is 23.7 Å². The zero-order chi connectivity index (χ0) is 15.4. The first-order valence-corrected chi connectivity index (χ1v) is 9.12. The van der Waals surface area contributed by atoms with Crippen LogP contribution in [-0.2, 0) is 6.54 Å². The van der Waals surface area contributed by atoms with E-state index >= 15 is 0 Å². The van der Waals surface area contributed by atoms with Crippen molar-refractivity contribution in [3.8, 4) is 10.6 Å². The van der Waals surface area contributed by atoms with Gasteiger partial charge in [0.25, 0.3) is 0 Å². The molecule has 0 saturated carbocycles. The zero-order valence-corrected chi connectivity index (χ0v) is 15.6. The van der Waals surface area contributed by atoms with E-state index in [1.54, 1.807) is 11.3 Å². The molecule has 0 aliphatic carbocycles. The van der Waals surface area contributed by atoms with Gasteiger partial charge in [-0.2, -0.15) is 5.10 Å². The molecule has 0 atom stereocenters. The first-order chi connectivity index (χ1) is 10.7. The molecule has 0 spiro atoms. The number of nitrogens with zero attached hydrogens (tertiary/aromatic N) is 2. The highest BCUT2D eigenvalue weighted by atomic mass is 35.5. The summed E-state index contributed by atoms with van der Waals surface area (Å²) in [5, 5.41) is 13.2. The van der Waals surface area contributed by atoms with Crippen molar-refractivity contribution in [2.24, 2.45) is 5.92 Å². The van der Waals surface area contributed by atoms with Gasteiger partial charge >= 0.3 is 0 Å². The molecule has 23 heavy (non-hydrogen) atoms. The highest BCUT2D eigenvalue weighted by molar-refractivity contribution is 7.13. The van der Waals surface area contributed by atoms with Crippen molar-refractivity contribution in [2.75, 3.05) is 19.6 Å². The molecule has 0 bridgehead atoms. The van der Waals surface area contributed by atoms with E-state index in [1.807, 2.05) is 6.20 Å². The molecule has 3 heterocycles. The van der Waals surface area contributed by atoms with Gasteiger partial charge in [0.15, 0.2) is 0 Å². The molecule has 1 fully saturated rings. The monoisotopic (exact) mass is 354 g/mol. The standard InChI is InChI=1S/C17H26N4S.ClH/c1-13(2)12-21-7-5-15(6-8-21)18-10-14-11-19-20-17(14)16-4-3-9-22-16;/h3-4,9,11,13,15,18H,5-8,10,12H2,1-2H3,(H,19,20);1H. The lowest BCUT2D eigenvalue weighted by atomic mass is 10.0. The Morgan fingerprint density at radius 3 is 2.83 bits per heavy atom. The van der Waals surface area contributed by atoms with Crippen LogP contribution < -0.4 is 5.32 Å². The molecule has 0 amide bonds. The molecule has 128 valence electrons. The molecule has 2 aromatic heterocycles. The lowest BCUT2D eigenvalue weighted by molar-refractivity contribution is 0.179. The van der Waals surface area contributed by atoms with Crippen molar-refractivity contribution < 1.29 is 0 Å². The van der Waals surface area contributed by atoms with Gasteiger partial charge in [-0.25, -0.2) is 0 Å². The highest BCUT2D eigenvalue weighted by Gasteiger charge is 2.19. The second-order valence-electron chi connectivity index (χ2n) is 6.60. The summed E-state index contributed by atoms with van der Waals surface area (Å²) in [6.45, 7) is 9.18. The Labute approximate surface area is 149 Å². The fourth-order valence-electron chi connectivity index (χ4n) is 3.17. The molecule has 0 aromatic carbocycles. The highest BCUT2D eigenvalue weighted by Crippen LogP contribution is 2.26. The summed E-state index contributed by atoms with van der Waals surface area (Å²) < 4.78 is 0. The number of halogens is 1. The van der Waals surface area contributed by atoms with Crippen LogP contribution in [-0.4, -0.2) is 40.8 Å². The van der Waals surface area contributed by atoms with Gasteiger partial charge in [-0.05, 0) is 43.3 Å². The van der Waals surface area contributed by atoms with Gasteiger partial charge in [-0.3, -0.25) is 5.10 Å². The minimum Gasteiger partial charge on any atom is -0.310 e. The smallest absolute Gasteiger partial charge is 0.0794 e. The van der Waals surface area contributed by atoms with Crippen LogP contribution in [0.5, 0.6) is 0 Å². The van der Waals surface area contributed by atoms with E-state index in [4.69, 9.17) is 0 Å². The predicted octanol–water partition coefficient (Wildman–Crippen LogP) is 3.77. The topological polar surface area (TPSA) is 44.0 Å². The molecular formula is C17H27ClN4S. The number of hydrogen-bond donors (Lipinski definition) is 2. The van der Waals surface area contributed by atoms with E-state index in [-0.39, 0.29) is 12.4 Å². The maximum absolute atomic E-state index is 4.22. The number of aromatic nitrogens is 2. The first-order valence-electron chi connectivity index (χ1n) is 8.24. The zero-order valence-electron chi connectivity index (χ0n) is 13.9. The largest absolute Gasteiger partial charge is 0.310 e. The number of likely N-dealkylation sites (tertiary alicyclic amines) is 1. The maximum atomic E-state index is 4.22. The fraction of sp³-hybridized carbons (Fsp3) is 0.588. The van der Waals surface area contributed by atoms with Gasteiger partial charge in [-0.15, -0.1) is 23.7 Å². The summed E-state index contributed by atoms with van der Waals surface area (Å²) >= 11 is 1.76. The summed E-state index contributed by atoms with van der Waals surface area (Å²) in [4.78, 5) is 3.86. The van der Waals surface area contributed by atoms with E-state index in [0.717, 1.165) is 12.5 Å². The minimum atomic E-state index is 0. The third-order valence-corrected chi connectivity index (χ3v) is 5.16. The lowest BCUT2D eigenvalue weighted by Crippen LogP contribution is -2.43. The van der Waals surface area contributed by atoms with Gasteiger partial charge in [0.05, 0.1) is 16.8 Å². The number of thiophene rings is 1. The first kappa shape index (κ1) is 18.5. The third kappa shape index (κ3) is 5.05. The predicted molar refractivity (Wildman–Crippen MR) is 100 cm³/mol. The molecule has 0 radical (unpaired) electrons. The number of rotatable bonds is 6. The van der Waals surface area contributed by atoms with Gasteiger partial charge in [-0.1, -0.05) is 19.9 Å². The van der Waals surface area contributed by atoms with Crippen LogP contribution in [0.25, 0.3) is 10.6 Å². The summed E-state index contributed by atoms with van der Waals surface area (Å²) in [6.07, 6.45) is 4.45. The van der Waals surface area contributed by atoms with E-state index in [1.165, 1.54) is 48.6 Å². The Morgan fingerprint density at radius 1 is 1.39 bits per heavy atom. The van der Waals surface area contributed by atoms with E-state index in [9.17, 15) is 0 Å². The van der Waals surface area contributed by atoms with E-state index in [0.29, 0.717) is 6.04 Å². The van der Waals surface area contributed by atoms with Crippen molar-refractivity contribution in [1.29, 1.82) is 0 Å². The molecule has 3 rings (SSSR count). The summed E-state index contributed by atoms with van der Waals surface area (Å²) in [7, 11) is 0. The van der Waals surface area contributed by atoms with Crippen LogP contribution in [0, 0.1) is 5.92 Å². The average molecular weight is 355 g/mol. The number of piperidine rings is 1. The Kier molecular flexibility index (Phi) is 7.09. The molecular weight excluding hydrogens is 328 g/mol. The second-order valence-corrected chi connectivity index (χ2v) is 7.54. The SMILES string of the molecule is CC(C)CN1CCC(NCc2cn[nH]c2-c2cccs2)CC1.Cl. The quantitative estimate of drug-likeness (QED) is 0.829. The molecule has 2 aromatic rings. The Balaban J connectivity index is 0.00000192. The third-order valence-electron chi connectivity index (χ3n) is 4.28. The molecule has 1 aliphatic rings. The van der Waals surface area contributed by atoms with Crippen molar-refractivity contribution in [1.82, 2.24) is 20.4 Å². The minimum absolute atomic E-state index is 0. The average Bonchev–Trinajstić information content (AvgIpc) is 3.17. The summed E-state index contributed by atoms with van der Waals surface area (Å²) in [5.74, 6) is 0.767. The Morgan fingerprint density at radius 2 is 2.17 bits per heavy atom. The van der Waals surface area contributed by atoms with Gasteiger partial charge in [0.2, 0.25) is 0 Å². The van der Waals surface area contributed by atoms with Crippen LogP contribution in [0.1, 0.15) is 32.3 Å². The summed E-state index contributed by atoms with van der Waals surface area (Å²) in [5.41, 5.74) is 2.44. The molecule has 1 saturated heterocycles. The van der Waals surface area contributed by atoms with Crippen LogP contribution in [0.15, 0.2) is 23.7 Å². The van der Waals surface area contributed by atoms with Gasteiger partial charge < -0.3 is 10.2 Å². The van der Waals surface area contributed by atoms with Crippen LogP contribution in [0.4, 0.5) is 0 Å². The van der Waals surface area contributed by atoms with Crippen molar-refractivity contribution in [3.63, 3.8) is 0 Å². The molecule has 4 nitrogen and oxygen atoms in total. The van der Waals surface area contributed by atoms with Crippen molar-refractivity contribution in [3.05, 3.63) is 29.3 Å². The number of nitrogens with one attached hydrogen (secondary N) is 2. The van der Waals surface area contributed by atoms with Gasteiger partial charge in [0, 0.05) is 24.7 Å². The molecule has 6 heteroatoms.